The first-order chi connectivity index (χ1) is 5.83. The van der Waals surface area contributed by atoms with Gasteiger partial charge in [-0.1, -0.05) is 0 Å². The molecule has 4 nitrogen and oxygen atoms in total. The summed E-state index contributed by atoms with van der Waals surface area (Å²) in [5.74, 6) is 0.247. The molecular weight excluding hydrogens is 156 g/mol. The Morgan fingerprint density at radius 3 is 2.58 bits per heavy atom. The van der Waals surface area contributed by atoms with Crippen LogP contribution < -0.4 is 11.0 Å². The molecule has 0 saturated carbocycles. The van der Waals surface area contributed by atoms with E-state index in [4.69, 9.17) is 9.94 Å². The van der Waals surface area contributed by atoms with Crippen molar-refractivity contribution >= 4 is 5.69 Å². The zero-order valence-corrected chi connectivity index (χ0v) is 6.87. The maximum Gasteiger partial charge on any atom is 0.115 e. The molecule has 4 heteroatoms. The third-order valence-electron chi connectivity index (χ3n) is 1.28. The van der Waals surface area contributed by atoms with Crippen molar-refractivity contribution in [2.75, 3.05) is 12.0 Å². The van der Waals surface area contributed by atoms with Gasteiger partial charge in [-0.05, 0) is 31.2 Å². The summed E-state index contributed by atoms with van der Waals surface area (Å²) in [6.07, 6.45) is 0. The normalized spacial score (nSPS) is 9.75. The molecule has 0 bridgehead atoms. The second-order valence-corrected chi connectivity index (χ2v) is 2.21. The molecule has 1 rings (SSSR count). The fourth-order valence-electron chi connectivity index (χ4n) is 0.712. The van der Waals surface area contributed by atoms with Gasteiger partial charge in [-0.15, -0.1) is 5.59 Å². The molecule has 0 saturated heterocycles. The number of nitrogens with one attached hydrogen (secondary N) is 2. The highest BCUT2D eigenvalue weighted by molar-refractivity contribution is 5.44. The van der Waals surface area contributed by atoms with Crippen molar-refractivity contribution in [3.8, 4) is 5.75 Å². The molecule has 0 aliphatic carbocycles. The molecule has 66 valence electrons. The summed E-state index contributed by atoms with van der Waals surface area (Å²) in [6, 6.07) is 6.66. The van der Waals surface area contributed by atoms with Gasteiger partial charge < -0.3 is 5.11 Å². The Morgan fingerprint density at radius 1 is 1.33 bits per heavy atom. The van der Waals surface area contributed by atoms with E-state index in [1.807, 2.05) is 6.92 Å². The molecule has 0 unspecified atom stereocenters. The highest BCUT2D eigenvalue weighted by atomic mass is 16.7. The fourth-order valence-corrected chi connectivity index (χ4v) is 0.712. The van der Waals surface area contributed by atoms with Crippen LogP contribution in [-0.2, 0) is 4.84 Å². The Balaban J connectivity index is 2.37. The van der Waals surface area contributed by atoms with Crippen LogP contribution in [0.3, 0.4) is 0 Å². The SMILES string of the molecule is CCONNc1ccc(O)cc1. The van der Waals surface area contributed by atoms with Crippen LogP contribution in [0.15, 0.2) is 24.3 Å². The van der Waals surface area contributed by atoms with E-state index < -0.39 is 0 Å². The topological polar surface area (TPSA) is 53.5 Å². The van der Waals surface area contributed by atoms with Crippen LogP contribution >= 0.6 is 0 Å². The lowest BCUT2D eigenvalue weighted by Gasteiger charge is -2.06. The van der Waals surface area contributed by atoms with Gasteiger partial charge in [0.25, 0.3) is 0 Å². The summed E-state index contributed by atoms with van der Waals surface area (Å²) in [7, 11) is 0. The predicted octanol–water partition coefficient (Wildman–Crippen LogP) is 1.26. The number of hydrogen-bond acceptors (Lipinski definition) is 4. The number of anilines is 1. The van der Waals surface area contributed by atoms with Crippen molar-refractivity contribution in [2.45, 2.75) is 6.92 Å². The van der Waals surface area contributed by atoms with Gasteiger partial charge in [-0.2, -0.15) is 0 Å². The van der Waals surface area contributed by atoms with Crippen molar-refractivity contribution in [3.05, 3.63) is 24.3 Å². The lowest BCUT2D eigenvalue weighted by Crippen LogP contribution is -2.21. The molecule has 12 heavy (non-hydrogen) atoms. The summed E-state index contributed by atoms with van der Waals surface area (Å²) in [5.41, 5.74) is 6.16. The van der Waals surface area contributed by atoms with Crippen molar-refractivity contribution in [3.63, 3.8) is 0 Å². The Kier molecular flexibility index (Phi) is 3.37. The maximum atomic E-state index is 8.95. The minimum Gasteiger partial charge on any atom is -0.508 e. The lowest BCUT2D eigenvalue weighted by atomic mass is 10.3. The second-order valence-electron chi connectivity index (χ2n) is 2.21. The first kappa shape index (κ1) is 8.83. The molecule has 1 aromatic rings. The van der Waals surface area contributed by atoms with E-state index in [1.54, 1.807) is 24.3 Å². The van der Waals surface area contributed by atoms with Crippen LogP contribution in [-0.4, -0.2) is 11.7 Å². The van der Waals surface area contributed by atoms with Crippen molar-refractivity contribution in [1.29, 1.82) is 0 Å². The van der Waals surface area contributed by atoms with Crippen molar-refractivity contribution < 1.29 is 9.94 Å². The van der Waals surface area contributed by atoms with E-state index in [9.17, 15) is 0 Å². The molecule has 0 atom stereocenters. The minimum atomic E-state index is 0.247. The number of aromatic hydroxyl groups is 1. The smallest absolute Gasteiger partial charge is 0.115 e. The lowest BCUT2D eigenvalue weighted by molar-refractivity contribution is 0.0677. The quantitative estimate of drug-likeness (QED) is 0.360. The number of benzene rings is 1. The van der Waals surface area contributed by atoms with Gasteiger partial charge in [-0.25, -0.2) is 0 Å². The zero-order chi connectivity index (χ0) is 8.81. The summed E-state index contributed by atoms with van der Waals surface area (Å²) >= 11 is 0. The molecule has 0 radical (unpaired) electrons. The first-order valence-electron chi connectivity index (χ1n) is 3.74. The molecule has 0 aromatic heterocycles. The molecule has 1 aromatic carbocycles. The molecule has 3 N–H and O–H groups in total. The highest BCUT2D eigenvalue weighted by Crippen LogP contribution is 2.12. The van der Waals surface area contributed by atoms with Gasteiger partial charge in [0.2, 0.25) is 0 Å². The van der Waals surface area contributed by atoms with Crippen molar-refractivity contribution in [2.24, 2.45) is 0 Å². The molecule has 0 aliphatic rings. The summed E-state index contributed by atoms with van der Waals surface area (Å²) in [6.45, 7) is 2.47. The molecule has 0 fully saturated rings. The van der Waals surface area contributed by atoms with Crippen LogP contribution in [0.2, 0.25) is 0 Å². The van der Waals surface area contributed by atoms with Gasteiger partial charge in [0, 0.05) is 0 Å². The van der Waals surface area contributed by atoms with Gasteiger partial charge in [0.15, 0.2) is 0 Å². The number of hydrogen-bond donors (Lipinski definition) is 3. The third kappa shape index (κ3) is 2.77. The Labute approximate surface area is 71.1 Å². The third-order valence-corrected chi connectivity index (χ3v) is 1.28. The van der Waals surface area contributed by atoms with E-state index in [0.717, 1.165) is 5.69 Å². The van der Waals surface area contributed by atoms with E-state index in [1.165, 1.54) is 0 Å². The fraction of sp³-hybridized carbons (Fsp3) is 0.250. The average molecular weight is 168 g/mol. The summed E-state index contributed by atoms with van der Waals surface area (Å²) in [5, 5.41) is 8.95. The number of hydrazine groups is 1. The highest BCUT2D eigenvalue weighted by Gasteiger charge is 1.89. The van der Waals surface area contributed by atoms with E-state index in [-0.39, 0.29) is 5.75 Å². The Morgan fingerprint density at radius 2 is 2.00 bits per heavy atom. The largest absolute Gasteiger partial charge is 0.508 e. The average Bonchev–Trinajstić information content (AvgIpc) is 2.09. The van der Waals surface area contributed by atoms with E-state index in [2.05, 4.69) is 11.0 Å². The number of phenolic OH excluding ortho intramolecular Hbond substituents is 1. The molecular formula is C8H12N2O2. The first-order valence-corrected chi connectivity index (χ1v) is 3.74. The van der Waals surface area contributed by atoms with Crippen LogP contribution in [0.5, 0.6) is 5.75 Å². The Bertz CT molecular complexity index is 223. The van der Waals surface area contributed by atoms with Crippen LogP contribution in [0.4, 0.5) is 5.69 Å². The van der Waals surface area contributed by atoms with Crippen molar-refractivity contribution in [1.82, 2.24) is 5.59 Å². The standard InChI is InChI=1S/C8H12N2O2/c1-2-12-10-9-7-3-5-8(11)6-4-7/h3-6,9-11H,2H2,1H3. The monoisotopic (exact) mass is 168 g/mol. The van der Waals surface area contributed by atoms with Crippen LogP contribution in [0.25, 0.3) is 0 Å². The molecule has 0 amide bonds. The molecule has 0 heterocycles. The molecule has 0 spiro atoms. The van der Waals surface area contributed by atoms with Crippen LogP contribution in [0.1, 0.15) is 6.92 Å². The van der Waals surface area contributed by atoms with Gasteiger partial charge >= 0.3 is 0 Å². The minimum absolute atomic E-state index is 0.247. The van der Waals surface area contributed by atoms with Gasteiger partial charge in [-0.3, -0.25) is 10.3 Å². The Hall–Kier alpha value is -1.26. The summed E-state index contributed by atoms with van der Waals surface area (Å²) < 4.78 is 0. The zero-order valence-electron chi connectivity index (χ0n) is 6.87. The number of phenols is 1. The second kappa shape index (κ2) is 4.58. The summed E-state index contributed by atoms with van der Waals surface area (Å²) in [4.78, 5) is 4.84. The maximum absolute atomic E-state index is 8.95. The van der Waals surface area contributed by atoms with Gasteiger partial charge in [0.05, 0.1) is 12.3 Å². The molecule has 0 aliphatic heterocycles. The number of rotatable bonds is 4. The van der Waals surface area contributed by atoms with Crippen LogP contribution in [0, 0.1) is 0 Å². The van der Waals surface area contributed by atoms with Gasteiger partial charge in [0.1, 0.15) is 5.75 Å². The van der Waals surface area contributed by atoms with E-state index in [0.29, 0.717) is 6.61 Å². The predicted molar refractivity (Wildman–Crippen MR) is 46.5 cm³/mol. The van der Waals surface area contributed by atoms with E-state index >= 15 is 0 Å².